The molecule has 2 heterocycles. The van der Waals surface area contributed by atoms with Gasteiger partial charge in [-0.15, -0.1) is 34.0 Å². The van der Waals surface area contributed by atoms with Crippen LogP contribution in [0.1, 0.15) is 0 Å². The van der Waals surface area contributed by atoms with Crippen LogP contribution in [0, 0.1) is 0 Å². The van der Waals surface area contributed by atoms with Gasteiger partial charge in [0, 0.05) is 23.2 Å². The maximum atomic E-state index is 4.18. The van der Waals surface area contributed by atoms with Crippen molar-refractivity contribution >= 4 is 55.8 Å². The molecule has 22 heavy (non-hydrogen) atoms. The molecule has 0 spiro atoms. The standard InChI is InChI=1S/2C9H7N.2BrH/c2*1-2-6-9-8(4-1)5-3-7-10-9;;/h2*1-7H;2*1H. The number of nitrogens with zero attached hydrogens (tertiary/aromatic N) is 2. The first-order valence-corrected chi connectivity index (χ1v) is 6.53. The zero-order valence-electron chi connectivity index (χ0n) is 11.8. The summed E-state index contributed by atoms with van der Waals surface area (Å²) in [4.78, 5) is 8.36. The maximum Gasteiger partial charge on any atom is 0.0701 e. The molecule has 2 aromatic carbocycles. The third kappa shape index (κ3) is 4.61. The summed E-state index contributed by atoms with van der Waals surface area (Å²) in [6.07, 6.45) is 3.62. The second-order valence-corrected chi connectivity index (χ2v) is 4.39. The molecule has 2 aromatic heterocycles. The van der Waals surface area contributed by atoms with Crippen LogP contribution in [0.2, 0.25) is 0 Å². The minimum absolute atomic E-state index is 0. The predicted octanol–water partition coefficient (Wildman–Crippen LogP) is 5.63. The maximum absolute atomic E-state index is 4.18. The smallest absolute Gasteiger partial charge is 0.0701 e. The summed E-state index contributed by atoms with van der Waals surface area (Å²) in [5.74, 6) is 0. The summed E-state index contributed by atoms with van der Waals surface area (Å²) in [5, 5.41) is 2.40. The van der Waals surface area contributed by atoms with E-state index in [1.165, 1.54) is 10.8 Å². The summed E-state index contributed by atoms with van der Waals surface area (Å²) in [6, 6.07) is 24.2. The van der Waals surface area contributed by atoms with Crippen molar-refractivity contribution in [2.45, 2.75) is 0 Å². The number of pyridine rings is 2. The molecular weight excluding hydrogens is 404 g/mol. The fourth-order valence-corrected chi connectivity index (χ4v) is 2.03. The molecule has 0 amide bonds. The van der Waals surface area contributed by atoms with E-state index in [2.05, 4.69) is 34.2 Å². The Kier molecular flexibility index (Phi) is 7.71. The molecule has 0 bridgehead atoms. The van der Waals surface area contributed by atoms with Crippen molar-refractivity contribution in [3.8, 4) is 0 Å². The fraction of sp³-hybridized carbons (Fsp3) is 0. The number of fused-ring (bicyclic) bond motifs is 2. The molecule has 4 heteroatoms. The quantitative estimate of drug-likeness (QED) is 0.369. The minimum atomic E-state index is 0. The van der Waals surface area contributed by atoms with Crippen LogP contribution >= 0.6 is 34.0 Å². The fourth-order valence-electron chi connectivity index (χ4n) is 2.03. The average Bonchev–Trinajstić information content (AvgIpc) is 2.56. The first-order valence-electron chi connectivity index (χ1n) is 6.53. The van der Waals surface area contributed by atoms with Crippen LogP contribution in [0.3, 0.4) is 0 Å². The number of para-hydroxylation sites is 2. The third-order valence-corrected chi connectivity index (χ3v) is 3.02. The molecule has 0 saturated carbocycles. The van der Waals surface area contributed by atoms with E-state index < -0.39 is 0 Å². The van der Waals surface area contributed by atoms with Crippen molar-refractivity contribution in [2.24, 2.45) is 0 Å². The Morgan fingerprint density at radius 3 is 1.23 bits per heavy atom. The van der Waals surface area contributed by atoms with E-state index in [1.807, 2.05) is 60.9 Å². The van der Waals surface area contributed by atoms with Crippen LogP contribution in [-0.2, 0) is 0 Å². The Morgan fingerprint density at radius 1 is 0.455 bits per heavy atom. The van der Waals surface area contributed by atoms with Gasteiger partial charge in [-0.2, -0.15) is 0 Å². The summed E-state index contributed by atoms with van der Waals surface area (Å²) in [5.41, 5.74) is 2.12. The number of benzene rings is 2. The van der Waals surface area contributed by atoms with Crippen LogP contribution in [0.4, 0.5) is 0 Å². The highest BCUT2D eigenvalue weighted by Crippen LogP contribution is 2.08. The van der Waals surface area contributed by atoms with Gasteiger partial charge >= 0.3 is 0 Å². The number of halogens is 2. The van der Waals surface area contributed by atoms with Gasteiger partial charge < -0.3 is 0 Å². The molecule has 4 rings (SSSR count). The summed E-state index contributed by atoms with van der Waals surface area (Å²) < 4.78 is 0. The van der Waals surface area contributed by atoms with Gasteiger partial charge in [-0.3, -0.25) is 9.97 Å². The van der Waals surface area contributed by atoms with Gasteiger partial charge in [0.2, 0.25) is 0 Å². The number of hydrogen-bond acceptors (Lipinski definition) is 2. The summed E-state index contributed by atoms with van der Waals surface area (Å²) >= 11 is 0. The highest BCUT2D eigenvalue weighted by atomic mass is 79.9. The minimum Gasteiger partial charge on any atom is -0.256 e. The zero-order valence-corrected chi connectivity index (χ0v) is 15.2. The van der Waals surface area contributed by atoms with Gasteiger partial charge in [0.05, 0.1) is 11.0 Å². The van der Waals surface area contributed by atoms with E-state index in [9.17, 15) is 0 Å². The van der Waals surface area contributed by atoms with Crippen molar-refractivity contribution in [2.75, 3.05) is 0 Å². The van der Waals surface area contributed by atoms with E-state index in [0.29, 0.717) is 0 Å². The largest absolute Gasteiger partial charge is 0.256 e. The van der Waals surface area contributed by atoms with Crippen LogP contribution in [-0.4, -0.2) is 9.97 Å². The monoisotopic (exact) mass is 418 g/mol. The van der Waals surface area contributed by atoms with Gasteiger partial charge in [0.25, 0.3) is 0 Å². The molecule has 0 aliphatic carbocycles. The lowest BCUT2D eigenvalue weighted by atomic mass is 10.2. The molecule has 0 radical (unpaired) electrons. The number of aromatic nitrogens is 2. The highest BCUT2D eigenvalue weighted by molar-refractivity contribution is 8.93. The van der Waals surface area contributed by atoms with Gasteiger partial charge in [-0.25, -0.2) is 0 Å². The Hall–Kier alpha value is -1.78. The van der Waals surface area contributed by atoms with Crippen molar-refractivity contribution in [3.63, 3.8) is 0 Å². The number of hydrogen-bond donors (Lipinski definition) is 0. The molecule has 0 N–H and O–H groups in total. The van der Waals surface area contributed by atoms with Crippen molar-refractivity contribution in [1.29, 1.82) is 0 Å². The lowest BCUT2D eigenvalue weighted by Crippen LogP contribution is -1.73. The van der Waals surface area contributed by atoms with Crippen molar-refractivity contribution in [1.82, 2.24) is 9.97 Å². The van der Waals surface area contributed by atoms with E-state index in [1.54, 1.807) is 0 Å². The van der Waals surface area contributed by atoms with E-state index in [4.69, 9.17) is 0 Å². The van der Waals surface area contributed by atoms with E-state index in [-0.39, 0.29) is 34.0 Å². The normalized spacial score (nSPS) is 9.09. The Bertz CT molecular complexity index is 632. The van der Waals surface area contributed by atoms with Gasteiger partial charge in [-0.05, 0) is 24.3 Å². The number of rotatable bonds is 0. The van der Waals surface area contributed by atoms with Gasteiger partial charge in [0.1, 0.15) is 0 Å². The lowest BCUT2D eigenvalue weighted by Gasteiger charge is -1.91. The first-order chi connectivity index (χ1) is 9.93. The molecule has 0 saturated heterocycles. The third-order valence-electron chi connectivity index (χ3n) is 3.02. The molecule has 4 aromatic rings. The van der Waals surface area contributed by atoms with Crippen molar-refractivity contribution < 1.29 is 0 Å². The molecule has 0 unspecified atom stereocenters. The van der Waals surface area contributed by atoms with Gasteiger partial charge in [0.15, 0.2) is 0 Å². The average molecular weight is 420 g/mol. The molecule has 0 aliphatic heterocycles. The Labute approximate surface area is 150 Å². The molecule has 112 valence electrons. The first kappa shape index (κ1) is 18.3. The second-order valence-electron chi connectivity index (χ2n) is 4.39. The Morgan fingerprint density at radius 2 is 0.818 bits per heavy atom. The molecule has 2 nitrogen and oxygen atoms in total. The predicted molar refractivity (Wildman–Crippen MR) is 104 cm³/mol. The molecular formula is C18H16Br2N2. The van der Waals surface area contributed by atoms with Crippen LogP contribution in [0.5, 0.6) is 0 Å². The van der Waals surface area contributed by atoms with Crippen LogP contribution < -0.4 is 0 Å². The van der Waals surface area contributed by atoms with Crippen molar-refractivity contribution in [3.05, 3.63) is 85.2 Å². The van der Waals surface area contributed by atoms with E-state index >= 15 is 0 Å². The SMILES string of the molecule is Br.Br.c1ccc2ncccc2c1.c1ccc2ncccc2c1. The Balaban J connectivity index is 0.000000202. The lowest BCUT2D eigenvalue weighted by molar-refractivity contribution is 1.41. The topological polar surface area (TPSA) is 25.8 Å². The van der Waals surface area contributed by atoms with Crippen LogP contribution in [0.25, 0.3) is 21.8 Å². The van der Waals surface area contributed by atoms with E-state index in [0.717, 1.165) is 11.0 Å². The van der Waals surface area contributed by atoms with Gasteiger partial charge in [-0.1, -0.05) is 48.5 Å². The molecule has 0 aliphatic rings. The summed E-state index contributed by atoms with van der Waals surface area (Å²) in [7, 11) is 0. The molecule has 0 fully saturated rings. The molecule has 0 atom stereocenters. The summed E-state index contributed by atoms with van der Waals surface area (Å²) in [6.45, 7) is 0. The zero-order chi connectivity index (χ0) is 13.6. The second kappa shape index (κ2) is 9.28. The van der Waals surface area contributed by atoms with Crippen LogP contribution in [0.15, 0.2) is 85.2 Å². The highest BCUT2D eigenvalue weighted by Gasteiger charge is 1.87.